The van der Waals surface area contributed by atoms with Crippen LogP contribution in [0.2, 0.25) is 0 Å². The van der Waals surface area contributed by atoms with Gasteiger partial charge in [0, 0.05) is 0 Å². The van der Waals surface area contributed by atoms with Crippen LogP contribution in [0.4, 0.5) is 0 Å². The molecule has 0 aromatic heterocycles. The fourth-order valence-electron chi connectivity index (χ4n) is 2.04. The zero-order valence-corrected chi connectivity index (χ0v) is 14.3. The van der Waals surface area contributed by atoms with E-state index in [1.54, 1.807) is 30.3 Å². The minimum absolute atomic E-state index is 0.231. The highest BCUT2D eigenvalue weighted by Gasteiger charge is 2.08. The molecule has 26 heavy (non-hydrogen) atoms. The number of benzene rings is 2. The SMILES string of the molecule is CCc1cccc(OCC(=O)NNC(=O)COc2ccccc2C#N)c1. The van der Waals surface area contributed by atoms with Crippen LogP contribution in [0.15, 0.2) is 48.5 Å². The third-order valence-corrected chi connectivity index (χ3v) is 3.38. The number of hydrazine groups is 1. The zero-order valence-electron chi connectivity index (χ0n) is 14.3. The normalized spacial score (nSPS) is 9.69. The molecule has 0 atom stereocenters. The van der Waals surface area contributed by atoms with Gasteiger partial charge in [0.05, 0.1) is 5.56 Å². The third kappa shape index (κ3) is 5.83. The maximum atomic E-state index is 11.7. The number of nitrogens with zero attached hydrogens (tertiary/aromatic N) is 1. The molecule has 0 spiro atoms. The van der Waals surface area contributed by atoms with E-state index < -0.39 is 11.8 Å². The van der Waals surface area contributed by atoms with Crippen molar-refractivity contribution in [1.82, 2.24) is 10.9 Å². The average Bonchev–Trinajstić information content (AvgIpc) is 2.69. The van der Waals surface area contributed by atoms with Crippen molar-refractivity contribution in [3.63, 3.8) is 0 Å². The molecule has 2 aromatic rings. The van der Waals surface area contributed by atoms with Crippen LogP contribution in [0.5, 0.6) is 11.5 Å². The number of hydrogen-bond donors (Lipinski definition) is 2. The Morgan fingerprint density at radius 3 is 2.38 bits per heavy atom. The summed E-state index contributed by atoms with van der Waals surface area (Å²) in [6, 6.07) is 16.0. The lowest BCUT2D eigenvalue weighted by Gasteiger charge is -2.10. The van der Waals surface area contributed by atoms with Gasteiger partial charge in [-0.3, -0.25) is 20.4 Å². The number of amides is 2. The Labute approximate surface area is 151 Å². The first-order valence-electron chi connectivity index (χ1n) is 8.03. The quantitative estimate of drug-likeness (QED) is 0.738. The molecule has 2 rings (SSSR count). The van der Waals surface area contributed by atoms with Crippen LogP contribution in [0.25, 0.3) is 0 Å². The van der Waals surface area contributed by atoms with Crippen LogP contribution < -0.4 is 20.3 Å². The van der Waals surface area contributed by atoms with Crippen molar-refractivity contribution in [2.24, 2.45) is 0 Å². The van der Waals surface area contributed by atoms with Gasteiger partial charge in [0.2, 0.25) is 0 Å². The number of carbonyl (C=O) groups excluding carboxylic acids is 2. The second-order valence-corrected chi connectivity index (χ2v) is 5.28. The van der Waals surface area contributed by atoms with E-state index in [9.17, 15) is 9.59 Å². The molecule has 0 aliphatic heterocycles. The van der Waals surface area contributed by atoms with E-state index in [0.717, 1.165) is 12.0 Å². The first-order valence-corrected chi connectivity index (χ1v) is 8.03. The van der Waals surface area contributed by atoms with E-state index in [4.69, 9.17) is 14.7 Å². The van der Waals surface area contributed by atoms with E-state index in [1.807, 2.05) is 31.2 Å². The Hall–Kier alpha value is -3.53. The Morgan fingerprint density at radius 2 is 1.69 bits per heavy atom. The molecule has 134 valence electrons. The van der Waals surface area contributed by atoms with E-state index in [2.05, 4.69) is 10.9 Å². The maximum Gasteiger partial charge on any atom is 0.276 e. The number of aryl methyl sites for hydroxylation is 1. The largest absolute Gasteiger partial charge is 0.484 e. The first-order chi connectivity index (χ1) is 12.6. The molecule has 0 saturated carbocycles. The van der Waals surface area contributed by atoms with Crippen molar-refractivity contribution in [2.45, 2.75) is 13.3 Å². The Bertz CT molecular complexity index is 814. The number of para-hydroxylation sites is 1. The van der Waals surface area contributed by atoms with Gasteiger partial charge in [-0.2, -0.15) is 5.26 Å². The smallest absolute Gasteiger partial charge is 0.276 e. The van der Waals surface area contributed by atoms with Crippen LogP contribution in [-0.4, -0.2) is 25.0 Å². The van der Waals surface area contributed by atoms with Crippen LogP contribution in [-0.2, 0) is 16.0 Å². The van der Waals surface area contributed by atoms with Gasteiger partial charge in [-0.1, -0.05) is 31.2 Å². The molecule has 0 bridgehead atoms. The number of hydrogen-bond acceptors (Lipinski definition) is 5. The van der Waals surface area contributed by atoms with Gasteiger partial charge in [0.25, 0.3) is 11.8 Å². The van der Waals surface area contributed by atoms with Gasteiger partial charge >= 0.3 is 0 Å². The summed E-state index contributed by atoms with van der Waals surface area (Å²) in [4.78, 5) is 23.4. The van der Waals surface area contributed by atoms with Gasteiger partial charge in [0.1, 0.15) is 17.6 Å². The molecule has 7 nitrogen and oxygen atoms in total. The number of ether oxygens (including phenoxy) is 2. The summed E-state index contributed by atoms with van der Waals surface area (Å²) in [6.45, 7) is 1.46. The van der Waals surface area contributed by atoms with Gasteiger partial charge in [-0.25, -0.2) is 0 Å². The summed E-state index contributed by atoms with van der Waals surface area (Å²) >= 11 is 0. The molecule has 0 unspecified atom stereocenters. The summed E-state index contributed by atoms with van der Waals surface area (Å²) in [6.07, 6.45) is 0.869. The summed E-state index contributed by atoms with van der Waals surface area (Å²) in [5.74, 6) is -0.172. The van der Waals surface area contributed by atoms with E-state index in [-0.39, 0.29) is 13.2 Å². The predicted molar refractivity (Wildman–Crippen MR) is 94.3 cm³/mol. The average molecular weight is 353 g/mol. The van der Waals surface area contributed by atoms with E-state index in [0.29, 0.717) is 17.1 Å². The fraction of sp³-hybridized carbons (Fsp3) is 0.211. The highest BCUT2D eigenvalue weighted by Crippen LogP contribution is 2.16. The van der Waals surface area contributed by atoms with Crippen LogP contribution in [0.1, 0.15) is 18.1 Å². The monoisotopic (exact) mass is 353 g/mol. The Morgan fingerprint density at radius 1 is 1.00 bits per heavy atom. The summed E-state index contributed by atoms with van der Waals surface area (Å²) in [7, 11) is 0. The Balaban J connectivity index is 1.71. The van der Waals surface area contributed by atoms with Gasteiger partial charge < -0.3 is 9.47 Å². The molecule has 2 amide bonds. The number of carbonyl (C=O) groups is 2. The van der Waals surface area contributed by atoms with Crippen molar-refractivity contribution >= 4 is 11.8 Å². The minimum Gasteiger partial charge on any atom is -0.484 e. The molecular formula is C19H19N3O4. The van der Waals surface area contributed by atoms with Crippen LogP contribution in [0, 0.1) is 11.3 Å². The topological polar surface area (TPSA) is 100 Å². The molecule has 0 fully saturated rings. The lowest BCUT2D eigenvalue weighted by Crippen LogP contribution is -2.45. The van der Waals surface area contributed by atoms with Crippen molar-refractivity contribution in [3.05, 3.63) is 59.7 Å². The first kappa shape index (κ1) is 18.8. The van der Waals surface area contributed by atoms with Crippen molar-refractivity contribution in [2.75, 3.05) is 13.2 Å². The molecule has 0 heterocycles. The lowest BCUT2D eigenvalue weighted by molar-refractivity contribution is -0.131. The molecule has 7 heteroatoms. The van der Waals surface area contributed by atoms with E-state index >= 15 is 0 Å². The number of nitriles is 1. The number of nitrogens with one attached hydrogen (secondary N) is 2. The van der Waals surface area contributed by atoms with E-state index in [1.165, 1.54) is 0 Å². The second kappa shape index (κ2) is 9.69. The van der Waals surface area contributed by atoms with Gasteiger partial charge in [0.15, 0.2) is 13.2 Å². The van der Waals surface area contributed by atoms with Crippen LogP contribution in [0.3, 0.4) is 0 Å². The molecule has 2 N–H and O–H groups in total. The second-order valence-electron chi connectivity index (χ2n) is 5.28. The van der Waals surface area contributed by atoms with Gasteiger partial charge in [-0.15, -0.1) is 0 Å². The lowest BCUT2D eigenvalue weighted by atomic mass is 10.2. The molecule has 0 radical (unpaired) electrons. The Kier molecular flexibility index (Phi) is 7.01. The van der Waals surface area contributed by atoms with Crippen molar-refractivity contribution in [1.29, 1.82) is 5.26 Å². The zero-order chi connectivity index (χ0) is 18.8. The minimum atomic E-state index is -0.556. The standard InChI is InChI=1S/C19H19N3O4/c1-2-14-6-5-8-16(10-14)25-12-18(23)21-22-19(24)13-26-17-9-4-3-7-15(17)11-20/h3-10H,2,12-13H2,1H3,(H,21,23)(H,22,24). The summed E-state index contributed by atoms with van der Waals surface area (Å²) < 4.78 is 10.6. The molecule has 2 aromatic carbocycles. The van der Waals surface area contributed by atoms with Crippen LogP contribution >= 0.6 is 0 Å². The number of rotatable bonds is 7. The highest BCUT2D eigenvalue weighted by molar-refractivity contribution is 5.83. The maximum absolute atomic E-state index is 11.7. The predicted octanol–water partition coefficient (Wildman–Crippen LogP) is 1.73. The highest BCUT2D eigenvalue weighted by atomic mass is 16.5. The molecule has 0 aliphatic carbocycles. The fourth-order valence-corrected chi connectivity index (χ4v) is 2.04. The molecule has 0 saturated heterocycles. The summed E-state index contributed by atoms with van der Waals surface area (Å²) in [5.41, 5.74) is 5.89. The van der Waals surface area contributed by atoms with Gasteiger partial charge in [-0.05, 0) is 36.2 Å². The van der Waals surface area contributed by atoms with Crippen molar-refractivity contribution in [3.8, 4) is 17.6 Å². The molecule has 0 aliphatic rings. The van der Waals surface area contributed by atoms with Crippen molar-refractivity contribution < 1.29 is 19.1 Å². The molecular weight excluding hydrogens is 334 g/mol. The summed E-state index contributed by atoms with van der Waals surface area (Å²) in [5, 5.41) is 8.94. The third-order valence-electron chi connectivity index (χ3n) is 3.38.